The van der Waals surface area contributed by atoms with Gasteiger partial charge in [0.05, 0.1) is 5.29 Å². The summed E-state index contributed by atoms with van der Waals surface area (Å²) in [5.41, 5.74) is 0. The van der Waals surface area contributed by atoms with Crippen LogP contribution in [0, 0.1) is 10.1 Å². The third kappa shape index (κ3) is 5.98. The van der Waals surface area contributed by atoms with E-state index in [1.165, 1.54) is 35.5 Å². The molecule has 0 aromatic carbocycles. The predicted octanol–water partition coefficient (Wildman–Crippen LogP) is 1.20. The molecule has 0 spiro atoms. The fourth-order valence-corrected chi connectivity index (χ4v) is 7.98. The maximum Gasteiger partial charge on any atom is 0.493 e. The molecule has 10 nitrogen and oxygen atoms in total. The van der Waals surface area contributed by atoms with Gasteiger partial charge in [0.1, 0.15) is 0 Å². The van der Waals surface area contributed by atoms with Gasteiger partial charge >= 0.3 is 17.6 Å². The molecule has 22 heavy (non-hydrogen) atoms. The van der Waals surface area contributed by atoms with E-state index in [4.69, 9.17) is 21.8 Å². The van der Waals surface area contributed by atoms with Crippen LogP contribution in [0.1, 0.15) is 13.3 Å². The van der Waals surface area contributed by atoms with E-state index >= 15 is 0 Å². The van der Waals surface area contributed by atoms with Crippen LogP contribution in [0.5, 0.6) is 0 Å². The van der Waals surface area contributed by atoms with Gasteiger partial charge in [-0.3, -0.25) is 5.28 Å². The van der Waals surface area contributed by atoms with Crippen LogP contribution >= 0.6 is 0 Å². The molecule has 0 aromatic rings. The number of hydrazine groups is 1. The summed E-state index contributed by atoms with van der Waals surface area (Å²) in [4.78, 5) is 10.2. The fourth-order valence-electron chi connectivity index (χ4n) is 1.86. The Labute approximate surface area is 133 Å². The molecule has 0 heterocycles. The molecule has 0 radical (unpaired) electrons. The minimum Gasteiger partial charge on any atom is -0.724 e. The Hall–Kier alpha value is -0.446. The van der Waals surface area contributed by atoms with E-state index in [1.54, 1.807) is 0 Å². The average Bonchev–Trinajstić information content (AvgIpc) is 2.57. The Kier molecular flexibility index (Phi) is 10.1. The summed E-state index contributed by atoms with van der Waals surface area (Å²) < 4.78 is 27.9. The SMILES string of the molecule is CC[Si](OC)(OC)O[Si](CCCN(C)N([O-])N=O)(OC)OC. The zero-order valence-electron chi connectivity index (χ0n) is 14.0. The number of nitrogens with zero attached hydrogens (tertiary/aromatic N) is 3. The highest BCUT2D eigenvalue weighted by atomic mass is 28.5. The highest BCUT2D eigenvalue weighted by molar-refractivity contribution is 6.74. The van der Waals surface area contributed by atoms with E-state index in [0.717, 1.165) is 5.01 Å². The average molecular weight is 357 g/mol. The van der Waals surface area contributed by atoms with Crippen molar-refractivity contribution in [3.05, 3.63) is 10.1 Å². The van der Waals surface area contributed by atoms with E-state index in [-0.39, 0.29) is 5.28 Å². The van der Waals surface area contributed by atoms with Gasteiger partial charge in [-0.2, -0.15) is 0 Å². The quantitative estimate of drug-likeness (QED) is 0.273. The van der Waals surface area contributed by atoms with Gasteiger partial charge in [0.25, 0.3) is 0 Å². The summed E-state index contributed by atoms with van der Waals surface area (Å²) >= 11 is 0. The van der Waals surface area contributed by atoms with Crippen molar-refractivity contribution in [2.24, 2.45) is 5.29 Å². The van der Waals surface area contributed by atoms with Crippen LogP contribution in [0.25, 0.3) is 0 Å². The summed E-state index contributed by atoms with van der Waals surface area (Å²) in [6.45, 7) is 2.21. The molecule has 0 fully saturated rings. The van der Waals surface area contributed by atoms with E-state index in [1.807, 2.05) is 6.92 Å². The zero-order chi connectivity index (χ0) is 17.2. The van der Waals surface area contributed by atoms with Gasteiger partial charge in [-0.1, -0.05) is 6.92 Å². The van der Waals surface area contributed by atoms with Crippen LogP contribution in [0.2, 0.25) is 12.1 Å². The third-order valence-electron chi connectivity index (χ3n) is 3.31. The molecule has 0 atom stereocenters. The lowest BCUT2D eigenvalue weighted by molar-refractivity contribution is 0.0489. The van der Waals surface area contributed by atoms with Crippen molar-refractivity contribution >= 4 is 17.6 Å². The summed E-state index contributed by atoms with van der Waals surface area (Å²) in [6.07, 6.45) is 0.514. The maximum atomic E-state index is 11.0. The molecule has 0 saturated carbocycles. The summed E-state index contributed by atoms with van der Waals surface area (Å²) in [6, 6.07) is 1.02. The first-order valence-electron chi connectivity index (χ1n) is 6.80. The van der Waals surface area contributed by atoms with Gasteiger partial charge < -0.3 is 27.0 Å². The summed E-state index contributed by atoms with van der Waals surface area (Å²) in [5, 5.41) is 14.4. The lowest BCUT2D eigenvalue weighted by Gasteiger charge is -2.36. The molecule has 0 amide bonds. The second-order valence-corrected chi connectivity index (χ2v) is 10.8. The highest BCUT2D eigenvalue weighted by Crippen LogP contribution is 2.25. The van der Waals surface area contributed by atoms with Crippen molar-refractivity contribution in [1.82, 2.24) is 10.3 Å². The van der Waals surface area contributed by atoms with Crippen molar-refractivity contribution in [2.75, 3.05) is 42.0 Å². The molecular weight excluding hydrogens is 330 g/mol. The van der Waals surface area contributed by atoms with Crippen LogP contribution in [-0.4, -0.2) is 69.9 Å². The first-order chi connectivity index (χ1) is 10.4. The van der Waals surface area contributed by atoms with Gasteiger partial charge in [-0.15, -0.1) is 4.91 Å². The number of nitroso groups, excluding NO2 is 1. The van der Waals surface area contributed by atoms with Crippen LogP contribution in [0.15, 0.2) is 5.29 Å². The van der Waals surface area contributed by atoms with Crippen LogP contribution in [0.3, 0.4) is 0 Å². The van der Waals surface area contributed by atoms with Crippen molar-refractivity contribution in [2.45, 2.75) is 25.4 Å². The smallest absolute Gasteiger partial charge is 0.493 e. The molecule has 0 saturated heterocycles. The fraction of sp³-hybridized carbons (Fsp3) is 1.00. The first kappa shape index (κ1) is 21.6. The minimum atomic E-state index is -3.00. The second-order valence-electron chi connectivity index (χ2n) is 4.46. The van der Waals surface area contributed by atoms with Crippen LogP contribution in [0.4, 0.5) is 0 Å². The molecule has 0 aliphatic carbocycles. The standard InChI is InChI=1S/C10H26N3O7Si2/c1-7-21(16-3,17-4)20-22(18-5,19-6)10-8-9-12(2)13(15)11-14/h7-10H2,1-6H3/q-1. The Morgan fingerprint density at radius 2 is 1.55 bits per heavy atom. The van der Waals surface area contributed by atoms with Crippen molar-refractivity contribution in [3.63, 3.8) is 0 Å². The molecule has 12 heteroatoms. The molecule has 0 N–H and O–H groups in total. The molecule has 0 aliphatic heterocycles. The van der Waals surface area contributed by atoms with E-state index in [9.17, 15) is 10.1 Å². The number of rotatable bonds is 13. The van der Waals surface area contributed by atoms with Gasteiger partial charge in [0, 0.05) is 54.1 Å². The van der Waals surface area contributed by atoms with Gasteiger partial charge in [0.15, 0.2) is 0 Å². The van der Waals surface area contributed by atoms with Crippen molar-refractivity contribution < 1.29 is 21.8 Å². The largest absolute Gasteiger partial charge is 0.724 e. The molecule has 0 rings (SSSR count). The van der Waals surface area contributed by atoms with E-state index < -0.39 is 17.6 Å². The molecule has 0 aliphatic rings. The molecule has 0 bridgehead atoms. The lowest BCUT2D eigenvalue weighted by Crippen LogP contribution is -2.57. The Balaban J connectivity index is 4.78. The van der Waals surface area contributed by atoms with Crippen molar-refractivity contribution in [1.29, 1.82) is 0 Å². The van der Waals surface area contributed by atoms with E-state index in [0.29, 0.717) is 25.1 Å². The monoisotopic (exact) mass is 356 g/mol. The summed E-state index contributed by atoms with van der Waals surface area (Å²) in [5.74, 6) is 0. The Bertz CT molecular complexity index is 311. The van der Waals surface area contributed by atoms with Gasteiger partial charge in [-0.05, 0) is 6.42 Å². The molecule has 0 unspecified atom stereocenters. The Morgan fingerprint density at radius 1 is 1.05 bits per heavy atom. The highest BCUT2D eigenvalue weighted by Gasteiger charge is 2.50. The van der Waals surface area contributed by atoms with Gasteiger partial charge in [0.2, 0.25) is 0 Å². The molecular formula is C10H26N3O7Si2-. The number of hydrogen-bond donors (Lipinski definition) is 0. The molecule has 0 aromatic heterocycles. The first-order valence-corrected chi connectivity index (χ1v) is 10.7. The van der Waals surface area contributed by atoms with Gasteiger partial charge in [-0.25, -0.2) is 5.01 Å². The second kappa shape index (κ2) is 10.4. The summed E-state index contributed by atoms with van der Waals surface area (Å²) in [7, 11) is 1.70. The predicted molar refractivity (Wildman–Crippen MR) is 84.2 cm³/mol. The topological polar surface area (TPSA) is 105 Å². The number of hydrogen-bond acceptors (Lipinski definition) is 9. The molecule has 132 valence electrons. The van der Waals surface area contributed by atoms with Crippen molar-refractivity contribution in [3.8, 4) is 0 Å². The third-order valence-corrected chi connectivity index (χ3v) is 10.1. The maximum absolute atomic E-state index is 11.0. The van der Waals surface area contributed by atoms with E-state index in [2.05, 4.69) is 5.29 Å². The minimum absolute atomic E-state index is 0.0148. The zero-order valence-corrected chi connectivity index (χ0v) is 16.0. The lowest BCUT2D eigenvalue weighted by atomic mass is 10.5. The van der Waals surface area contributed by atoms with Crippen LogP contribution in [-0.2, 0) is 21.8 Å². The van der Waals surface area contributed by atoms with Crippen LogP contribution < -0.4 is 0 Å². The Morgan fingerprint density at radius 3 is 1.91 bits per heavy atom. The normalized spacial score (nSPS) is 12.7.